The van der Waals surface area contributed by atoms with E-state index in [0.717, 1.165) is 25.2 Å². The summed E-state index contributed by atoms with van der Waals surface area (Å²) in [5, 5.41) is 0. The lowest BCUT2D eigenvalue weighted by Gasteiger charge is -2.37. The number of ketones is 1. The maximum absolute atomic E-state index is 11.8. The fourth-order valence-corrected chi connectivity index (χ4v) is 10.2. The van der Waals surface area contributed by atoms with Crippen molar-refractivity contribution in [1.82, 2.24) is 0 Å². The topological polar surface area (TPSA) is 83.5 Å². The predicted molar refractivity (Wildman–Crippen MR) is 178 cm³/mol. The summed E-state index contributed by atoms with van der Waals surface area (Å²) in [5.74, 6) is 0.696. The molecule has 0 N–H and O–H groups in total. The summed E-state index contributed by atoms with van der Waals surface area (Å²) in [6.45, 7) is 6.92. The number of benzene rings is 3. The summed E-state index contributed by atoms with van der Waals surface area (Å²) in [6, 6.07) is 30.3. The Hall–Kier alpha value is -2.61. The minimum atomic E-state index is -4.33. The van der Waals surface area contributed by atoms with Crippen molar-refractivity contribution in [2.75, 3.05) is 12.4 Å². The third kappa shape index (κ3) is 8.55. The van der Waals surface area contributed by atoms with Crippen molar-refractivity contribution in [3.05, 3.63) is 84.9 Å². The molecule has 44 heavy (non-hydrogen) atoms. The van der Waals surface area contributed by atoms with E-state index in [4.69, 9.17) is 4.74 Å². The highest BCUT2D eigenvalue weighted by Gasteiger charge is 2.64. The predicted octanol–water partition coefficient (Wildman–Crippen LogP) is 8.84. The first-order valence-electron chi connectivity index (χ1n) is 16.1. The molecule has 238 valence electrons. The number of hydrogen-bond acceptors (Lipinski definition) is 5. The van der Waals surface area contributed by atoms with Crippen molar-refractivity contribution in [2.24, 2.45) is 16.7 Å². The van der Waals surface area contributed by atoms with Crippen LogP contribution in [-0.4, -0.2) is 31.1 Å². The van der Waals surface area contributed by atoms with Crippen LogP contribution in [0.25, 0.3) is 0 Å². The molecule has 0 radical (unpaired) electrons. The molecule has 2 atom stereocenters. The van der Waals surface area contributed by atoms with Gasteiger partial charge in [0.15, 0.2) is 14.7 Å². The lowest BCUT2D eigenvalue weighted by atomic mass is 9.70. The number of carbonyl (C=O) groups excluding carboxylic acids is 1. The highest BCUT2D eigenvalue weighted by Crippen LogP contribution is 2.64. The van der Waals surface area contributed by atoms with E-state index in [2.05, 4.69) is 91.9 Å². The molecule has 2 aliphatic rings. The molecule has 3 aromatic carbocycles. The molecule has 0 aromatic heterocycles. The first kappa shape index (κ1) is 34.3. The van der Waals surface area contributed by atoms with Gasteiger partial charge in [-0.25, -0.2) is 8.42 Å². The van der Waals surface area contributed by atoms with E-state index in [1.54, 1.807) is 0 Å². The van der Waals surface area contributed by atoms with Gasteiger partial charge in [-0.1, -0.05) is 95.7 Å². The third-order valence-electron chi connectivity index (χ3n) is 9.60. The van der Waals surface area contributed by atoms with Gasteiger partial charge in [0.2, 0.25) is 0 Å². The number of unbranched alkanes of at least 4 members (excludes halogenated alkanes) is 6. The van der Waals surface area contributed by atoms with Gasteiger partial charge < -0.3 is 9.29 Å². The molecule has 5 nitrogen and oxygen atoms in total. The molecular weight excluding hydrogens is 589 g/mol. The first-order chi connectivity index (χ1) is 21.1. The average Bonchev–Trinajstić information content (AvgIpc) is 3.34. The summed E-state index contributed by atoms with van der Waals surface area (Å²) in [6.07, 6.45) is 11.1. The zero-order valence-corrected chi connectivity index (χ0v) is 28.1. The van der Waals surface area contributed by atoms with Gasteiger partial charge in [0.25, 0.3) is 0 Å². The Morgan fingerprint density at radius 3 is 1.80 bits per heavy atom. The highest BCUT2D eigenvalue weighted by atomic mass is 32.2. The van der Waals surface area contributed by atoms with Crippen molar-refractivity contribution < 1.29 is 22.5 Å². The summed E-state index contributed by atoms with van der Waals surface area (Å²) < 4.78 is 38.7. The fraction of sp³-hybridized carbons (Fsp3) is 0.486. The van der Waals surface area contributed by atoms with Gasteiger partial charge in [0, 0.05) is 11.8 Å². The van der Waals surface area contributed by atoms with Crippen LogP contribution in [0.2, 0.25) is 0 Å². The minimum absolute atomic E-state index is 0.0248. The second kappa shape index (κ2) is 15.6. The first-order valence-corrected chi connectivity index (χ1v) is 18.9. The van der Waals surface area contributed by atoms with Crippen molar-refractivity contribution in [3.8, 4) is 5.75 Å². The Labute approximate surface area is 267 Å². The van der Waals surface area contributed by atoms with E-state index in [1.807, 2.05) is 13.8 Å². The van der Waals surface area contributed by atoms with Crippen LogP contribution in [0.15, 0.2) is 99.6 Å². The van der Waals surface area contributed by atoms with E-state index < -0.39 is 21.3 Å². The Morgan fingerprint density at radius 1 is 0.795 bits per heavy atom. The number of ether oxygens (including phenoxy) is 1. The molecule has 5 rings (SSSR count). The van der Waals surface area contributed by atoms with Crippen LogP contribution in [0.5, 0.6) is 5.75 Å². The van der Waals surface area contributed by atoms with Gasteiger partial charge in [0.1, 0.15) is 11.5 Å². The van der Waals surface area contributed by atoms with Crippen molar-refractivity contribution in [1.29, 1.82) is 0 Å². The van der Waals surface area contributed by atoms with Crippen LogP contribution in [-0.2, 0) is 25.8 Å². The minimum Gasteiger partial charge on any atom is -0.748 e. The Kier molecular flexibility index (Phi) is 12.1. The molecule has 0 spiro atoms. The monoisotopic (exact) mass is 636 g/mol. The van der Waals surface area contributed by atoms with Gasteiger partial charge in [-0.3, -0.25) is 4.79 Å². The number of hydrogen-bond donors (Lipinski definition) is 0. The third-order valence-corrected chi connectivity index (χ3v) is 12.7. The van der Waals surface area contributed by atoms with Gasteiger partial charge >= 0.3 is 0 Å². The average molecular weight is 637 g/mol. The molecular formula is C37H48O5S2. The second-order valence-electron chi connectivity index (χ2n) is 12.7. The van der Waals surface area contributed by atoms with E-state index >= 15 is 0 Å². The van der Waals surface area contributed by atoms with Crippen LogP contribution in [0, 0.1) is 16.7 Å². The summed E-state index contributed by atoms with van der Waals surface area (Å²) >= 11 is 0. The lowest BCUT2D eigenvalue weighted by Crippen LogP contribution is -2.42. The summed E-state index contributed by atoms with van der Waals surface area (Å²) in [5.41, 5.74) is -1.22. The van der Waals surface area contributed by atoms with Gasteiger partial charge in [-0.05, 0) is 79.1 Å². The zero-order chi connectivity index (χ0) is 31.6. The Morgan fingerprint density at radius 2 is 1.32 bits per heavy atom. The maximum atomic E-state index is 11.8. The van der Waals surface area contributed by atoms with Crippen molar-refractivity contribution in [2.45, 2.75) is 99.7 Å². The molecule has 0 saturated heterocycles. The standard InChI is InChI=1S/C27H33OS.C10H16O4S/c1-2-3-4-5-6-7-14-23-28-24-19-21-27(22-20-24)29(25-15-10-8-11-16-25)26-17-12-9-13-18-26;1-9(2)7-3-4-10(9,8(11)5-7)6-15(12,13)14/h8-13,15-22H,2-7,14,23H2,1H3;7H,3-6H2,1-2H3,(H,12,13,14)/q+1;/p-1. The molecule has 2 saturated carbocycles. The smallest absolute Gasteiger partial charge is 0.166 e. The molecule has 2 aliphatic carbocycles. The van der Waals surface area contributed by atoms with Gasteiger partial charge in [-0.15, -0.1) is 0 Å². The van der Waals surface area contributed by atoms with Crippen LogP contribution in [0.4, 0.5) is 0 Å². The molecule has 3 aromatic rings. The maximum Gasteiger partial charge on any atom is 0.166 e. The molecule has 2 bridgehead atoms. The number of carbonyl (C=O) groups is 1. The quantitative estimate of drug-likeness (QED) is 0.100. The van der Waals surface area contributed by atoms with E-state index in [-0.39, 0.29) is 28.0 Å². The van der Waals surface area contributed by atoms with Crippen molar-refractivity contribution in [3.63, 3.8) is 0 Å². The molecule has 0 heterocycles. The Bertz CT molecular complexity index is 1380. The molecule has 2 fully saturated rings. The highest BCUT2D eigenvalue weighted by molar-refractivity contribution is 7.97. The van der Waals surface area contributed by atoms with Crippen LogP contribution < -0.4 is 4.74 Å². The van der Waals surface area contributed by atoms with Crippen LogP contribution in [0.1, 0.15) is 85.0 Å². The molecule has 0 aliphatic heterocycles. The summed E-state index contributed by atoms with van der Waals surface area (Å²) in [4.78, 5) is 15.9. The number of rotatable bonds is 14. The number of fused-ring (bicyclic) bond motifs is 2. The number of Topliss-reactive ketones (excluding diaryl/α,β-unsaturated/α-hetero) is 1. The lowest BCUT2D eigenvalue weighted by molar-refractivity contribution is -0.128. The molecule has 0 amide bonds. The fourth-order valence-electron chi connectivity index (χ4n) is 6.85. The van der Waals surface area contributed by atoms with Gasteiger partial charge in [0.05, 0.1) is 33.4 Å². The van der Waals surface area contributed by atoms with Crippen LogP contribution in [0.3, 0.4) is 0 Å². The summed E-state index contributed by atoms with van der Waals surface area (Å²) in [7, 11) is -4.42. The van der Waals surface area contributed by atoms with Crippen LogP contribution >= 0.6 is 0 Å². The second-order valence-corrected chi connectivity index (χ2v) is 16.2. The van der Waals surface area contributed by atoms with E-state index in [1.165, 1.54) is 53.2 Å². The largest absolute Gasteiger partial charge is 0.748 e. The zero-order valence-electron chi connectivity index (χ0n) is 26.5. The van der Waals surface area contributed by atoms with Gasteiger partial charge in [-0.2, -0.15) is 0 Å². The Balaban J connectivity index is 0.000000246. The van der Waals surface area contributed by atoms with E-state index in [9.17, 15) is 17.8 Å². The van der Waals surface area contributed by atoms with Crippen molar-refractivity contribution >= 4 is 26.8 Å². The SMILES string of the molecule is CC1(C)C2CCC1(CS(=O)(=O)[O-])C(=O)C2.CCCCCCCCCOc1ccc([S+](c2ccccc2)c2ccccc2)cc1. The normalized spacial score (nSPS) is 20.4. The molecule has 7 heteroatoms. The molecule has 2 unspecified atom stereocenters. The van der Waals surface area contributed by atoms with E-state index in [0.29, 0.717) is 12.8 Å².